The Hall–Kier alpha value is -1.98. The fourth-order valence-electron chi connectivity index (χ4n) is 1.16. The molecule has 0 aliphatic rings. The van der Waals surface area contributed by atoms with E-state index in [9.17, 15) is 0 Å². The highest BCUT2D eigenvalue weighted by Crippen LogP contribution is 2.18. The number of aromatic nitrogens is 5. The number of nitrogen functional groups attached to an aromatic ring is 1. The lowest BCUT2D eigenvalue weighted by Crippen LogP contribution is -1.97. The van der Waals surface area contributed by atoms with Gasteiger partial charge in [-0.1, -0.05) is 13.8 Å². The van der Waals surface area contributed by atoms with Crippen molar-refractivity contribution >= 4 is 5.82 Å². The number of hydrogen-bond acceptors (Lipinski definition) is 5. The summed E-state index contributed by atoms with van der Waals surface area (Å²) < 4.78 is 0. The van der Waals surface area contributed by atoms with E-state index in [1.165, 1.54) is 6.20 Å². The summed E-state index contributed by atoms with van der Waals surface area (Å²) in [6, 6.07) is 0. The maximum atomic E-state index is 5.67. The first-order valence-corrected chi connectivity index (χ1v) is 4.67. The number of H-pyrrole nitrogens is 1. The van der Waals surface area contributed by atoms with Crippen molar-refractivity contribution in [3.63, 3.8) is 0 Å². The van der Waals surface area contributed by atoms with Gasteiger partial charge in [-0.25, -0.2) is 15.0 Å². The highest BCUT2D eigenvalue weighted by atomic mass is 15.2. The third kappa shape index (κ3) is 1.78. The third-order valence-electron chi connectivity index (χ3n) is 1.99. The van der Waals surface area contributed by atoms with E-state index < -0.39 is 0 Å². The standard InChI is InChI=1S/C9H12N6/c1-5(2)8-13-9(15-14-8)6-7(10)12-4-3-11-6/h3-5H,1-2H3,(H2,10,12)(H,13,14,15). The summed E-state index contributed by atoms with van der Waals surface area (Å²) in [4.78, 5) is 12.3. The van der Waals surface area contributed by atoms with E-state index in [2.05, 4.69) is 25.1 Å². The molecule has 0 atom stereocenters. The minimum atomic E-state index is 0.296. The summed E-state index contributed by atoms with van der Waals surface area (Å²) in [5, 5.41) is 6.90. The van der Waals surface area contributed by atoms with Gasteiger partial charge in [-0.3, -0.25) is 5.10 Å². The lowest BCUT2D eigenvalue weighted by atomic mass is 10.2. The largest absolute Gasteiger partial charge is 0.382 e. The van der Waals surface area contributed by atoms with Gasteiger partial charge >= 0.3 is 0 Å². The second kappa shape index (κ2) is 3.64. The molecule has 0 saturated carbocycles. The van der Waals surface area contributed by atoms with Crippen LogP contribution in [0.25, 0.3) is 11.5 Å². The average Bonchev–Trinajstić information content (AvgIpc) is 2.67. The van der Waals surface area contributed by atoms with E-state index in [-0.39, 0.29) is 0 Å². The quantitative estimate of drug-likeness (QED) is 0.760. The Kier molecular flexibility index (Phi) is 2.32. The van der Waals surface area contributed by atoms with Gasteiger partial charge in [0.1, 0.15) is 5.82 Å². The molecule has 0 amide bonds. The first-order chi connectivity index (χ1) is 7.18. The summed E-state index contributed by atoms with van der Waals surface area (Å²) >= 11 is 0. The first kappa shape index (κ1) is 9.57. The predicted molar refractivity (Wildman–Crippen MR) is 55.9 cm³/mol. The molecular formula is C9H12N6. The average molecular weight is 204 g/mol. The normalized spacial score (nSPS) is 10.9. The van der Waals surface area contributed by atoms with Crippen LogP contribution >= 0.6 is 0 Å². The van der Waals surface area contributed by atoms with Crippen LogP contribution in [0.3, 0.4) is 0 Å². The number of nitrogens with one attached hydrogen (secondary N) is 1. The van der Waals surface area contributed by atoms with Crippen LogP contribution in [-0.4, -0.2) is 25.1 Å². The summed E-state index contributed by atoms with van der Waals surface area (Å²) in [6.45, 7) is 4.06. The van der Waals surface area contributed by atoms with Crippen molar-refractivity contribution in [1.82, 2.24) is 25.1 Å². The van der Waals surface area contributed by atoms with Gasteiger partial charge in [0.2, 0.25) is 5.82 Å². The molecule has 78 valence electrons. The molecule has 6 nitrogen and oxygen atoms in total. The van der Waals surface area contributed by atoms with Gasteiger partial charge in [0.25, 0.3) is 0 Å². The molecule has 6 heteroatoms. The molecule has 0 unspecified atom stereocenters. The van der Waals surface area contributed by atoms with Crippen molar-refractivity contribution in [3.05, 3.63) is 18.2 Å². The molecule has 0 spiro atoms. The van der Waals surface area contributed by atoms with E-state index in [1.54, 1.807) is 6.20 Å². The molecule has 0 saturated heterocycles. The number of aromatic amines is 1. The van der Waals surface area contributed by atoms with Crippen LogP contribution in [0, 0.1) is 0 Å². The van der Waals surface area contributed by atoms with Crippen LogP contribution in [0.5, 0.6) is 0 Å². The van der Waals surface area contributed by atoms with Gasteiger partial charge in [-0.2, -0.15) is 5.10 Å². The van der Waals surface area contributed by atoms with E-state index in [4.69, 9.17) is 5.73 Å². The smallest absolute Gasteiger partial charge is 0.203 e. The molecule has 3 N–H and O–H groups in total. The molecule has 0 radical (unpaired) electrons. The van der Waals surface area contributed by atoms with Crippen molar-refractivity contribution in [2.24, 2.45) is 0 Å². The number of hydrogen-bond donors (Lipinski definition) is 2. The number of anilines is 1. The molecular weight excluding hydrogens is 192 g/mol. The summed E-state index contributed by atoms with van der Waals surface area (Å²) in [5.74, 6) is 1.94. The van der Waals surface area contributed by atoms with Gasteiger partial charge in [0, 0.05) is 18.3 Å². The Labute approximate surface area is 87.0 Å². The Morgan fingerprint density at radius 3 is 2.60 bits per heavy atom. The van der Waals surface area contributed by atoms with Crippen LogP contribution in [0.2, 0.25) is 0 Å². The molecule has 2 rings (SSSR count). The van der Waals surface area contributed by atoms with Gasteiger partial charge in [-0.15, -0.1) is 0 Å². The molecule has 0 fully saturated rings. The van der Waals surface area contributed by atoms with E-state index in [0.29, 0.717) is 23.3 Å². The lowest BCUT2D eigenvalue weighted by molar-refractivity contribution is 0.781. The number of rotatable bonds is 2. The molecule has 0 bridgehead atoms. The van der Waals surface area contributed by atoms with Crippen molar-refractivity contribution in [3.8, 4) is 11.5 Å². The number of nitrogens with zero attached hydrogens (tertiary/aromatic N) is 4. The van der Waals surface area contributed by atoms with E-state index in [0.717, 1.165) is 5.82 Å². The van der Waals surface area contributed by atoms with Crippen LogP contribution in [0.15, 0.2) is 12.4 Å². The van der Waals surface area contributed by atoms with Crippen molar-refractivity contribution in [1.29, 1.82) is 0 Å². The van der Waals surface area contributed by atoms with Gasteiger partial charge in [-0.05, 0) is 0 Å². The zero-order valence-corrected chi connectivity index (χ0v) is 8.60. The van der Waals surface area contributed by atoms with Gasteiger partial charge in [0.05, 0.1) is 0 Å². The molecule has 0 aliphatic heterocycles. The topological polar surface area (TPSA) is 93.4 Å². The molecule has 0 aromatic carbocycles. The fraction of sp³-hybridized carbons (Fsp3) is 0.333. The lowest BCUT2D eigenvalue weighted by Gasteiger charge is -1.97. The summed E-state index contributed by atoms with van der Waals surface area (Å²) in [7, 11) is 0. The zero-order chi connectivity index (χ0) is 10.8. The van der Waals surface area contributed by atoms with Crippen molar-refractivity contribution < 1.29 is 0 Å². The molecule has 2 heterocycles. The minimum Gasteiger partial charge on any atom is -0.382 e. The zero-order valence-electron chi connectivity index (χ0n) is 8.60. The Morgan fingerprint density at radius 1 is 1.27 bits per heavy atom. The molecule has 15 heavy (non-hydrogen) atoms. The monoisotopic (exact) mass is 204 g/mol. The third-order valence-corrected chi connectivity index (χ3v) is 1.99. The maximum absolute atomic E-state index is 5.67. The van der Waals surface area contributed by atoms with Gasteiger partial charge in [0.15, 0.2) is 11.5 Å². The van der Waals surface area contributed by atoms with Crippen LogP contribution in [0.1, 0.15) is 25.6 Å². The van der Waals surface area contributed by atoms with Crippen LogP contribution in [0.4, 0.5) is 5.82 Å². The Bertz CT molecular complexity index is 461. The highest BCUT2D eigenvalue weighted by Gasteiger charge is 2.12. The first-order valence-electron chi connectivity index (χ1n) is 4.67. The predicted octanol–water partition coefficient (Wildman–Crippen LogP) is 0.967. The van der Waals surface area contributed by atoms with E-state index >= 15 is 0 Å². The van der Waals surface area contributed by atoms with Crippen molar-refractivity contribution in [2.45, 2.75) is 19.8 Å². The maximum Gasteiger partial charge on any atom is 0.203 e. The summed E-state index contributed by atoms with van der Waals surface area (Å²) in [5.41, 5.74) is 6.18. The molecule has 2 aromatic rings. The summed E-state index contributed by atoms with van der Waals surface area (Å²) in [6.07, 6.45) is 3.10. The van der Waals surface area contributed by atoms with Crippen molar-refractivity contribution in [2.75, 3.05) is 5.73 Å². The highest BCUT2D eigenvalue weighted by molar-refractivity contribution is 5.62. The fourth-order valence-corrected chi connectivity index (χ4v) is 1.16. The SMILES string of the molecule is CC(C)c1nc(-c2nccnc2N)n[nH]1. The van der Waals surface area contributed by atoms with E-state index in [1.807, 2.05) is 13.8 Å². The number of nitrogens with two attached hydrogens (primary N) is 1. The van der Waals surface area contributed by atoms with Crippen LogP contribution in [-0.2, 0) is 0 Å². The second-order valence-corrected chi connectivity index (χ2v) is 3.49. The second-order valence-electron chi connectivity index (χ2n) is 3.49. The Morgan fingerprint density at radius 2 is 2.00 bits per heavy atom. The molecule has 2 aromatic heterocycles. The van der Waals surface area contributed by atoms with Crippen LogP contribution < -0.4 is 5.73 Å². The molecule has 0 aliphatic carbocycles. The van der Waals surface area contributed by atoms with Gasteiger partial charge < -0.3 is 5.73 Å². The Balaban J connectivity index is 2.42. The minimum absolute atomic E-state index is 0.296.